The van der Waals surface area contributed by atoms with Gasteiger partial charge in [0.1, 0.15) is 17.9 Å². The minimum absolute atomic E-state index is 0.182. The first kappa shape index (κ1) is 24.9. The van der Waals surface area contributed by atoms with Crippen molar-refractivity contribution in [3.8, 4) is 5.75 Å². The van der Waals surface area contributed by atoms with Gasteiger partial charge in [0.05, 0.1) is 13.2 Å². The fraction of sp³-hybridized carbons (Fsp3) is 0.407. The van der Waals surface area contributed by atoms with Gasteiger partial charge in [0, 0.05) is 36.5 Å². The summed E-state index contributed by atoms with van der Waals surface area (Å²) in [7, 11) is 0. The molecule has 1 fully saturated rings. The van der Waals surface area contributed by atoms with E-state index >= 15 is 0 Å². The van der Waals surface area contributed by atoms with Gasteiger partial charge in [-0.1, -0.05) is 24.3 Å². The number of morpholine rings is 1. The molecule has 1 atom stereocenters. The molecule has 2 aromatic carbocycles. The maximum Gasteiger partial charge on any atom is 0.339 e. The highest BCUT2D eigenvalue weighted by molar-refractivity contribution is 5.79. The van der Waals surface area contributed by atoms with Crippen LogP contribution in [0.15, 0.2) is 57.7 Å². The fourth-order valence-corrected chi connectivity index (χ4v) is 4.30. The number of nitrogens with one attached hydrogen (secondary N) is 1. The van der Waals surface area contributed by atoms with Crippen LogP contribution in [0.2, 0.25) is 0 Å². The summed E-state index contributed by atoms with van der Waals surface area (Å²) in [6, 6.07) is 15.2. The van der Waals surface area contributed by atoms with Crippen molar-refractivity contribution in [2.24, 2.45) is 5.92 Å². The van der Waals surface area contributed by atoms with Gasteiger partial charge in [0.25, 0.3) is 0 Å². The van der Waals surface area contributed by atoms with E-state index < -0.39 is 17.5 Å². The molecule has 186 valence electrons. The van der Waals surface area contributed by atoms with E-state index in [2.05, 4.69) is 4.90 Å². The highest BCUT2D eigenvalue weighted by Crippen LogP contribution is 2.20. The molecule has 0 spiro atoms. The molecule has 2 heterocycles. The molecule has 35 heavy (non-hydrogen) atoms. The molecule has 0 aliphatic carbocycles. The third-order valence-electron chi connectivity index (χ3n) is 6.40. The van der Waals surface area contributed by atoms with Crippen LogP contribution in [0.1, 0.15) is 23.1 Å². The topological polar surface area (TPSA) is 101 Å². The number of carbonyl (C=O) groups is 1. The maximum absolute atomic E-state index is 12.5. The van der Waals surface area contributed by atoms with E-state index in [1.807, 2.05) is 49.4 Å². The first-order valence-corrected chi connectivity index (χ1v) is 12.0. The molecular formula is C27H32N2O6. The Bertz CT molecular complexity index is 1180. The lowest BCUT2D eigenvalue weighted by molar-refractivity contribution is -0.133. The zero-order valence-electron chi connectivity index (χ0n) is 20.0. The monoisotopic (exact) mass is 480 g/mol. The number of hydrogen-bond donors (Lipinski definition) is 2. The summed E-state index contributed by atoms with van der Waals surface area (Å²) in [5.74, 6) is -0.289. The van der Waals surface area contributed by atoms with Crippen LogP contribution in [-0.2, 0) is 22.4 Å². The minimum Gasteiger partial charge on any atom is -0.492 e. The molecule has 0 radical (unpaired) electrons. The van der Waals surface area contributed by atoms with Gasteiger partial charge < -0.3 is 13.9 Å². The second-order valence-corrected chi connectivity index (χ2v) is 8.96. The zero-order chi connectivity index (χ0) is 24.6. The summed E-state index contributed by atoms with van der Waals surface area (Å²) in [5.41, 5.74) is 4.26. The van der Waals surface area contributed by atoms with E-state index in [-0.39, 0.29) is 6.42 Å². The normalized spacial score (nSPS) is 15.1. The quantitative estimate of drug-likeness (QED) is 0.261. The Morgan fingerprint density at radius 1 is 1.14 bits per heavy atom. The largest absolute Gasteiger partial charge is 0.492 e. The molecule has 8 heteroatoms. The van der Waals surface area contributed by atoms with E-state index in [1.54, 1.807) is 11.5 Å². The number of fused-ring (bicyclic) bond motifs is 1. The Morgan fingerprint density at radius 2 is 1.91 bits per heavy atom. The van der Waals surface area contributed by atoms with Crippen LogP contribution in [0.4, 0.5) is 0 Å². The lowest BCUT2D eigenvalue weighted by Crippen LogP contribution is -2.38. The summed E-state index contributed by atoms with van der Waals surface area (Å²) in [5, 5.41) is 10.0. The van der Waals surface area contributed by atoms with Gasteiger partial charge >= 0.3 is 5.63 Å². The lowest BCUT2D eigenvalue weighted by Gasteiger charge is -2.26. The van der Waals surface area contributed by atoms with Crippen molar-refractivity contribution in [3.63, 3.8) is 0 Å². The fourth-order valence-electron chi connectivity index (χ4n) is 4.30. The van der Waals surface area contributed by atoms with Gasteiger partial charge in [-0.2, -0.15) is 0 Å². The Hall–Kier alpha value is -3.20. The Balaban J connectivity index is 1.34. The van der Waals surface area contributed by atoms with E-state index in [1.165, 1.54) is 0 Å². The molecule has 0 saturated carbocycles. The molecule has 1 saturated heterocycles. The molecular weight excluding hydrogens is 448 g/mol. The number of amides is 1. The smallest absolute Gasteiger partial charge is 0.339 e. The van der Waals surface area contributed by atoms with Crippen molar-refractivity contribution >= 4 is 16.9 Å². The van der Waals surface area contributed by atoms with Crippen LogP contribution >= 0.6 is 0 Å². The second-order valence-electron chi connectivity index (χ2n) is 8.96. The minimum atomic E-state index is -0.574. The summed E-state index contributed by atoms with van der Waals surface area (Å²) in [4.78, 5) is 27.2. The molecule has 8 nitrogen and oxygen atoms in total. The van der Waals surface area contributed by atoms with Gasteiger partial charge in [0.15, 0.2) is 0 Å². The third kappa shape index (κ3) is 6.91. The van der Waals surface area contributed by atoms with Crippen molar-refractivity contribution < 1.29 is 23.9 Å². The summed E-state index contributed by atoms with van der Waals surface area (Å²) in [6.07, 6.45) is 1.26. The summed E-state index contributed by atoms with van der Waals surface area (Å²) >= 11 is 0. The van der Waals surface area contributed by atoms with E-state index in [0.717, 1.165) is 55.1 Å². The van der Waals surface area contributed by atoms with Crippen LogP contribution in [0.5, 0.6) is 5.75 Å². The van der Waals surface area contributed by atoms with Gasteiger partial charge in [0.2, 0.25) is 5.91 Å². The standard InChI is InChI=1S/C27H32N2O6/c1-19-2-6-21-17-23(27(31)35-25(21)16-19)18-22(26(30)28-32)7-3-20-4-8-24(9-5-20)34-15-12-29-10-13-33-14-11-29/h2,4-6,8-9,16-17,22,32H,3,7,10-15,18H2,1H3,(H,28,30). The number of benzene rings is 2. The Labute approximate surface area is 204 Å². The van der Waals surface area contributed by atoms with Gasteiger partial charge in [-0.25, -0.2) is 10.3 Å². The molecule has 1 aliphatic heterocycles. The van der Waals surface area contributed by atoms with Gasteiger partial charge in [-0.05, 0) is 61.6 Å². The van der Waals surface area contributed by atoms with Crippen LogP contribution in [0.3, 0.4) is 0 Å². The summed E-state index contributed by atoms with van der Waals surface area (Å²) in [6.45, 7) is 6.83. The molecule has 1 aliphatic rings. The van der Waals surface area contributed by atoms with Crippen LogP contribution < -0.4 is 15.8 Å². The second kappa shape index (κ2) is 12.0. The van der Waals surface area contributed by atoms with E-state index in [4.69, 9.17) is 13.9 Å². The van der Waals surface area contributed by atoms with Gasteiger partial charge in [-0.15, -0.1) is 0 Å². The van der Waals surface area contributed by atoms with E-state index in [9.17, 15) is 14.8 Å². The van der Waals surface area contributed by atoms with Crippen LogP contribution in [-0.4, -0.2) is 55.5 Å². The Kier molecular flexibility index (Phi) is 8.52. The number of ether oxygens (including phenoxy) is 2. The van der Waals surface area contributed by atoms with Crippen molar-refractivity contribution in [1.29, 1.82) is 0 Å². The highest BCUT2D eigenvalue weighted by Gasteiger charge is 2.21. The number of nitrogens with zero attached hydrogens (tertiary/aromatic N) is 1. The van der Waals surface area contributed by atoms with Crippen molar-refractivity contribution in [2.75, 3.05) is 39.5 Å². The molecule has 1 aromatic heterocycles. The third-order valence-corrected chi connectivity index (χ3v) is 6.40. The van der Waals surface area contributed by atoms with Crippen LogP contribution in [0.25, 0.3) is 11.0 Å². The molecule has 1 unspecified atom stereocenters. The average molecular weight is 481 g/mol. The molecule has 4 rings (SSSR count). The Morgan fingerprint density at radius 3 is 2.66 bits per heavy atom. The number of carbonyl (C=O) groups excluding carboxylic acids is 1. The molecule has 0 bridgehead atoms. The zero-order valence-corrected chi connectivity index (χ0v) is 20.0. The summed E-state index contributed by atoms with van der Waals surface area (Å²) < 4.78 is 16.7. The van der Waals surface area contributed by atoms with Crippen molar-refractivity contribution in [3.05, 3.63) is 75.6 Å². The van der Waals surface area contributed by atoms with Crippen molar-refractivity contribution in [2.45, 2.75) is 26.2 Å². The molecule has 1 amide bonds. The first-order valence-electron chi connectivity index (χ1n) is 12.0. The van der Waals surface area contributed by atoms with E-state index in [0.29, 0.717) is 30.6 Å². The lowest BCUT2D eigenvalue weighted by atomic mass is 9.92. The average Bonchev–Trinajstić information content (AvgIpc) is 2.88. The predicted molar refractivity (Wildman–Crippen MR) is 132 cm³/mol. The molecule has 3 aromatic rings. The predicted octanol–water partition coefficient (Wildman–Crippen LogP) is 3.11. The maximum atomic E-state index is 12.5. The first-order chi connectivity index (χ1) is 17.0. The SMILES string of the molecule is Cc1ccc2cc(CC(CCc3ccc(OCCN4CCOCC4)cc3)C(=O)NO)c(=O)oc2c1. The number of aryl methyl sites for hydroxylation is 2. The highest BCUT2D eigenvalue weighted by atomic mass is 16.5. The number of rotatable bonds is 10. The number of hydrogen-bond acceptors (Lipinski definition) is 7. The van der Waals surface area contributed by atoms with Crippen LogP contribution in [0, 0.1) is 12.8 Å². The van der Waals surface area contributed by atoms with Gasteiger partial charge in [-0.3, -0.25) is 14.9 Å². The van der Waals surface area contributed by atoms with Crippen molar-refractivity contribution in [1.82, 2.24) is 10.4 Å². The molecule has 2 N–H and O–H groups in total. The number of hydroxylamine groups is 1.